The number of anilines is 2. The van der Waals surface area contributed by atoms with Gasteiger partial charge in [0.25, 0.3) is 0 Å². The molecular formula is C24H31F3N6O2. The number of nitrogens with two attached hydrogens (primary N) is 1. The zero-order valence-electron chi connectivity index (χ0n) is 19.6. The van der Waals surface area contributed by atoms with E-state index in [2.05, 4.69) is 10.00 Å². The van der Waals surface area contributed by atoms with Gasteiger partial charge in [-0.15, -0.1) is 0 Å². The SMILES string of the molecule is C=O.Nc1cnn(C(=O)N2CCC3(CC2)CN(Cc2ccc(N4CCCC4)cc2C(F)(F)F)C3)c1. The molecular weight excluding hydrogens is 461 g/mol. The number of amides is 1. The Morgan fingerprint density at radius 2 is 1.74 bits per heavy atom. The van der Waals surface area contributed by atoms with Crippen molar-refractivity contribution in [3.8, 4) is 0 Å². The Balaban J connectivity index is 0.00000141. The molecule has 2 N–H and O–H groups in total. The van der Waals surface area contributed by atoms with Crippen molar-refractivity contribution in [1.29, 1.82) is 0 Å². The zero-order chi connectivity index (χ0) is 25.2. The first-order valence-corrected chi connectivity index (χ1v) is 11.8. The van der Waals surface area contributed by atoms with E-state index in [1.807, 2.05) is 17.8 Å². The van der Waals surface area contributed by atoms with Crippen LogP contribution >= 0.6 is 0 Å². The van der Waals surface area contributed by atoms with E-state index in [1.165, 1.54) is 23.1 Å². The average molecular weight is 493 g/mol. The summed E-state index contributed by atoms with van der Waals surface area (Å²) in [6, 6.07) is 4.61. The number of piperidine rings is 1. The second-order valence-electron chi connectivity index (χ2n) is 9.67. The van der Waals surface area contributed by atoms with E-state index in [-0.39, 0.29) is 11.4 Å². The van der Waals surface area contributed by atoms with E-state index in [4.69, 9.17) is 10.5 Å². The first-order chi connectivity index (χ1) is 16.7. The summed E-state index contributed by atoms with van der Waals surface area (Å²) in [5, 5.41) is 3.98. The number of alkyl halides is 3. The van der Waals surface area contributed by atoms with Gasteiger partial charge in [0.2, 0.25) is 0 Å². The van der Waals surface area contributed by atoms with Crippen LogP contribution in [-0.4, -0.2) is 71.7 Å². The Morgan fingerprint density at radius 1 is 1.09 bits per heavy atom. The Hall–Kier alpha value is -3.08. The quantitative estimate of drug-likeness (QED) is 0.706. The normalized spacial score (nSPS) is 19.9. The van der Waals surface area contributed by atoms with E-state index in [1.54, 1.807) is 11.0 Å². The fraction of sp³-hybridized carbons (Fsp3) is 0.542. The highest BCUT2D eigenvalue weighted by molar-refractivity contribution is 5.76. The van der Waals surface area contributed by atoms with Crippen LogP contribution in [0.5, 0.6) is 0 Å². The second kappa shape index (κ2) is 9.88. The van der Waals surface area contributed by atoms with Crippen LogP contribution in [0, 0.1) is 5.41 Å². The van der Waals surface area contributed by atoms with Gasteiger partial charge in [0, 0.05) is 51.5 Å². The minimum atomic E-state index is -4.37. The van der Waals surface area contributed by atoms with Crippen LogP contribution < -0.4 is 10.6 Å². The molecule has 1 amide bonds. The lowest BCUT2D eigenvalue weighted by Gasteiger charge is -2.54. The fourth-order valence-corrected chi connectivity index (χ4v) is 5.47. The van der Waals surface area contributed by atoms with Gasteiger partial charge in [0.05, 0.1) is 23.6 Å². The summed E-state index contributed by atoms with van der Waals surface area (Å²) in [6.45, 7) is 6.68. The largest absolute Gasteiger partial charge is 0.416 e. The molecule has 3 aliphatic rings. The van der Waals surface area contributed by atoms with Crippen LogP contribution in [0.2, 0.25) is 0 Å². The van der Waals surface area contributed by atoms with Crippen molar-refractivity contribution in [2.45, 2.75) is 38.4 Å². The van der Waals surface area contributed by atoms with Gasteiger partial charge < -0.3 is 20.3 Å². The van der Waals surface area contributed by atoms with E-state index < -0.39 is 11.7 Å². The topological polar surface area (TPSA) is 87.7 Å². The van der Waals surface area contributed by atoms with Crippen molar-refractivity contribution in [2.75, 3.05) is 49.9 Å². The van der Waals surface area contributed by atoms with Gasteiger partial charge in [-0.1, -0.05) is 6.07 Å². The predicted molar refractivity (Wildman–Crippen MR) is 126 cm³/mol. The fourth-order valence-electron chi connectivity index (χ4n) is 5.47. The molecule has 3 aliphatic heterocycles. The number of nitrogen functional groups attached to an aromatic ring is 1. The maximum atomic E-state index is 13.8. The molecule has 1 spiro atoms. The molecule has 0 unspecified atom stereocenters. The molecule has 0 saturated carbocycles. The van der Waals surface area contributed by atoms with Gasteiger partial charge in [-0.2, -0.15) is 23.0 Å². The molecule has 35 heavy (non-hydrogen) atoms. The van der Waals surface area contributed by atoms with E-state index in [0.29, 0.717) is 36.6 Å². The molecule has 190 valence electrons. The first-order valence-electron chi connectivity index (χ1n) is 11.8. The van der Waals surface area contributed by atoms with E-state index in [9.17, 15) is 18.0 Å². The monoisotopic (exact) mass is 492 g/mol. The van der Waals surface area contributed by atoms with Gasteiger partial charge in [0.15, 0.2) is 0 Å². The van der Waals surface area contributed by atoms with Crippen molar-refractivity contribution < 1.29 is 22.8 Å². The minimum absolute atomic E-state index is 0.0772. The van der Waals surface area contributed by atoms with Gasteiger partial charge >= 0.3 is 12.2 Å². The van der Waals surface area contributed by atoms with Crippen LogP contribution in [0.1, 0.15) is 36.8 Å². The third-order valence-electron chi connectivity index (χ3n) is 7.28. The maximum Gasteiger partial charge on any atom is 0.416 e. The number of nitrogens with zero attached hydrogens (tertiary/aromatic N) is 5. The summed E-state index contributed by atoms with van der Waals surface area (Å²) < 4.78 is 42.7. The number of likely N-dealkylation sites (tertiary alicyclic amines) is 2. The second-order valence-corrected chi connectivity index (χ2v) is 9.67. The van der Waals surface area contributed by atoms with Crippen molar-refractivity contribution in [3.63, 3.8) is 0 Å². The lowest BCUT2D eigenvalue weighted by Crippen LogP contribution is -2.60. The van der Waals surface area contributed by atoms with Crippen LogP contribution in [0.4, 0.5) is 29.3 Å². The van der Waals surface area contributed by atoms with E-state index >= 15 is 0 Å². The number of hydrogen-bond donors (Lipinski definition) is 1. The maximum absolute atomic E-state index is 13.8. The summed E-state index contributed by atoms with van der Waals surface area (Å²) in [5.41, 5.74) is 6.65. The number of carbonyl (C=O) groups is 2. The van der Waals surface area contributed by atoms with E-state index in [0.717, 1.165) is 51.9 Å². The highest BCUT2D eigenvalue weighted by atomic mass is 19.4. The number of benzene rings is 1. The highest BCUT2D eigenvalue weighted by Gasteiger charge is 2.46. The Morgan fingerprint density at radius 3 is 2.31 bits per heavy atom. The van der Waals surface area contributed by atoms with Gasteiger partial charge in [-0.25, -0.2) is 4.79 Å². The number of aromatic nitrogens is 2. The summed E-state index contributed by atoms with van der Waals surface area (Å²) in [7, 11) is 0. The standard InChI is InChI=1S/C23H29F3N6O.CH2O/c24-23(25,26)20-11-19(30-7-1-2-8-30)4-3-17(20)13-29-15-22(16-29)5-9-31(10-6-22)21(33)32-14-18(27)12-28-32;1-2/h3-4,11-12,14H,1-2,5-10,13,15-16,27H2;1H2. The highest BCUT2D eigenvalue weighted by Crippen LogP contribution is 2.43. The smallest absolute Gasteiger partial charge is 0.396 e. The molecule has 0 bridgehead atoms. The third kappa shape index (κ3) is 5.29. The molecule has 8 nitrogen and oxygen atoms in total. The summed E-state index contributed by atoms with van der Waals surface area (Å²) >= 11 is 0. The van der Waals surface area contributed by atoms with Crippen LogP contribution in [0.15, 0.2) is 30.6 Å². The predicted octanol–water partition coefficient (Wildman–Crippen LogP) is 3.47. The molecule has 1 aromatic heterocycles. The summed E-state index contributed by atoms with van der Waals surface area (Å²) in [4.78, 5) is 26.4. The molecule has 5 rings (SSSR count). The summed E-state index contributed by atoms with van der Waals surface area (Å²) in [6.07, 6.45) is 2.31. The van der Waals surface area contributed by atoms with Gasteiger partial charge in [-0.05, 0) is 48.8 Å². The van der Waals surface area contributed by atoms with Gasteiger partial charge in [-0.3, -0.25) is 4.90 Å². The third-order valence-corrected chi connectivity index (χ3v) is 7.28. The lowest BCUT2D eigenvalue weighted by molar-refractivity contribution is -0.138. The van der Waals surface area contributed by atoms with Crippen LogP contribution in [-0.2, 0) is 17.5 Å². The van der Waals surface area contributed by atoms with Crippen molar-refractivity contribution in [2.24, 2.45) is 5.41 Å². The van der Waals surface area contributed by atoms with Gasteiger partial charge in [0.1, 0.15) is 6.79 Å². The molecule has 4 heterocycles. The Bertz CT molecular complexity index is 1030. The van der Waals surface area contributed by atoms with Crippen LogP contribution in [0.25, 0.3) is 0 Å². The Labute approximate surface area is 202 Å². The van der Waals surface area contributed by atoms with Crippen LogP contribution in [0.3, 0.4) is 0 Å². The lowest BCUT2D eigenvalue weighted by atomic mass is 9.72. The van der Waals surface area contributed by atoms with Crippen molar-refractivity contribution in [3.05, 3.63) is 41.7 Å². The minimum Gasteiger partial charge on any atom is -0.396 e. The number of carbonyl (C=O) groups excluding carboxylic acids is 2. The molecule has 0 radical (unpaired) electrons. The number of rotatable bonds is 3. The summed E-state index contributed by atoms with van der Waals surface area (Å²) in [5.74, 6) is 0. The molecule has 3 saturated heterocycles. The first kappa shape index (κ1) is 25.0. The molecule has 2 aromatic rings. The average Bonchev–Trinajstić information content (AvgIpc) is 3.51. The van der Waals surface area contributed by atoms with Crippen molar-refractivity contribution in [1.82, 2.24) is 19.6 Å². The number of halogens is 3. The number of hydrogen-bond acceptors (Lipinski definition) is 6. The van der Waals surface area contributed by atoms with Crippen molar-refractivity contribution >= 4 is 24.2 Å². The zero-order valence-corrected chi connectivity index (χ0v) is 19.6. The molecule has 3 fully saturated rings. The molecule has 0 aliphatic carbocycles. The molecule has 0 atom stereocenters. The Kier molecular flexibility index (Phi) is 7.07. The molecule has 11 heteroatoms. The molecule has 1 aromatic carbocycles.